The van der Waals surface area contributed by atoms with E-state index < -0.39 is 0 Å². The van der Waals surface area contributed by atoms with Crippen molar-refractivity contribution >= 4 is 17.6 Å². The third-order valence-corrected chi connectivity index (χ3v) is 2.80. The highest BCUT2D eigenvalue weighted by molar-refractivity contribution is 6.29. The minimum atomic E-state index is -0.111. The van der Waals surface area contributed by atoms with Gasteiger partial charge in [-0.05, 0) is 26.7 Å². The summed E-state index contributed by atoms with van der Waals surface area (Å²) in [6.07, 6.45) is 2.19. The fourth-order valence-electron chi connectivity index (χ4n) is 1.73. The van der Waals surface area contributed by atoms with Crippen LogP contribution in [0.2, 0.25) is 0 Å². The molecule has 0 radical (unpaired) electrons. The predicted molar refractivity (Wildman–Crippen MR) is 72.6 cm³/mol. The summed E-state index contributed by atoms with van der Waals surface area (Å²) in [6.45, 7) is 10.6. The van der Waals surface area contributed by atoms with E-state index in [0.29, 0.717) is 18.1 Å². The summed E-state index contributed by atoms with van der Waals surface area (Å²) in [4.78, 5) is 4.51. The summed E-state index contributed by atoms with van der Waals surface area (Å²) in [7, 11) is 0. The number of halogens is 1. The van der Waals surface area contributed by atoms with Crippen LogP contribution in [0.3, 0.4) is 0 Å². The highest BCUT2D eigenvalue weighted by Crippen LogP contribution is 2.24. The van der Waals surface area contributed by atoms with Crippen molar-refractivity contribution in [3.63, 3.8) is 0 Å². The molecule has 1 saturated heterocycles. The van der Waals surface area contributed by atoms with Gasteiger partial charge in [-0.3, -0.25) is 4.99 Å². The van der Waals surface area contributed by atoms with Crippen LogP contribution in [0.25, 0.3) is 0 Å². The standard InChI is InChI=1S/C12H22ClN3O/c1-4-14-11(15-8-10(2)13)16-9-12(3)6-5-7-17-12/h2,4-9H2,1,3H3,(H2,14,15,16). The molecule has 1 aliphatic rings. The average Bonchev–Trinajstić information content (AvgIpc) is 2.70. The first kappa shape index (κ1) is 14.3. The van der Waals surface area contributed by atoms with E-state index in [9.17, 15) is 0 Å². The van der Waals surface area contributed by atoms with E-state index in [1.807, 2.05) is 6.92 Å². The number of nitrogens with one attached hydrogen (secondary N) is 2. The van der Waals surface area contributed by atoms with E-state index in [2.05, 4.69) is 29.1 Å². The second kappa shape index (κ2) is 6.87. The molecule has 0 amide bonds. The molecule has 2 N–H and O–H groups in total. The maximum atomic E-state index is 5.71. The van der Waals surface area contributed by atoms with Crippen molar-refractivity contribution in [3.05, 3.63) is 11.6 Å². The summed E-state index contributed by atoms with van der Waals surface area (Å²) in [5, 5.41) is 6.84. The second-order valence-electron chi connectivity index (χ2n) is 4.47. The summed E-state index contributed by atoms with van der Waals surface area (Å²) in [5.41, 5.74) is -0.111. The van der Waals surface area contributed by atoms with Crippen molar-refractivity contribution in [1.82, 2.24) is 10.6 Å². The zero-order valence-electron chi connectivity index (χ0n) is 10.7. The molecule has 0 saturated carbocycles. The second-order valence-corrected chi connectivity index (χ2v) is 5.00. The van der Waals surface area contributed by atoms with E-state index in [-0.39, 0.29) is 5.60 Å². The Morgan fingerprint density at radius 1 is 1.53 bits per heavy atom. The first-order valence-corrected chi connectivity index (χ1v) is 6.43. The van der Waals surface area contributed by atoms with E-state index in [1.54, 1.807) is 0 Å². The smallest absolute Gasteiger partial charge is 0.191 e. The van der Waals surface area contributed by atoms with Crippen molar-refractivity contribution < 1.29 is 4.74 Å². The van der Waals surface area contributed by atoms with Gasteiger partial charge in [0.05, 0.1) is 18.7 Å². The van der Waals surface area contributed by atoms with Crippen LogP contribution in [0.5, 0.6) is 0 Å². The molecular weight excluding hydrogens is 238 g/mol. The Balaban J connectivity index is 2.47. The molecule has 4 nitrogen and oxygen atoms in total. The molecule has 98 valence electrons. The largest absolute Gasteiger partial charge is 0.373 e. The molecule has 5 heteroatoms. The van der Waals surface area contributed by atoms with Crippen LogP contribution in [-0.2, 0) is 4.74 Å². The van der Waals surface area contributed by atoms with E-state index >= 15 is 0 Å². The van der Waals surface area contributed by atoms with Gasteiger partial charge in [0.15, 0.2) is 5.96 Å². The predicted octanol–water partition coefficient (Wildman–Crippen LogP) is 1.86. The van der Waals surface area contributed by atoms with Crippen molar-refractivity contribution in [1.29, 1.82) is 0 Å². The summed E-state index contributed by atoms with van der Waals surface area (Å²) < 4.78 is 5.69. The third-order valence-electron chi connectivity index (χ3n) is 2.66. The average molecular weight is 260 g/mol. The first-order valence-electron chi connectivity index (χ1n) is 6.05. The number of rotatable bonds is 5. The minimum absolute atomic E-state index is 0.111. The van der Waals surface area contributed by atoms with Gasteiger partial charge in [0, 0.05) is 18.2 Å². The highest BCUT2D eigenvalue weighted by atomic mass is 35.5. The first-order chi connectivity index (χ1) is 8.06. The fraction of sp³-hybridized carbons (Fsp3) is 0.750. The summed E-state index contributed by atoms with van der Waals surface area (Å²) >= 11 is 5.71. The van der Waals surface area contributed by atoms with Gasteiger partial charge in [0.1, 0.15) is 0 Å². The molecule has 1 atom stereocenters. The van der Waals surface area contributed by atoms with Crippen LogP contribution < -0.4 is 10.6 Å². The van der Waals surface area contributed by atoms with Crippen LogP contribution in [0, 0.1) is 0 Å². The molecule has 1 aliphatic heterocycles. The highest BCUT2D eigenvalue weighted by Gasteiger charge is 2.29. The molecule has 1 fully saturated rings. The zero-order valence-corrected chi connectivity index (χ0v) is 11.4. The van der Waals surface area contributed by atoms with Gasteiger partial charge in [-0.15, -0.1) is 0 Å². The maximum absolute atomic E-state index is 5.71. The van der Waals surface area contributed by atoms with Crippen LogP contribution in [0.4, 0.5) is 0 Å². The molecular formula is C12H22ClN3O. The molecule has 0 aromatic rings. The van der Waals surface area contributed by atoms with Gasteiger partial charge in [-0.2, -0.15) is 0 Å². The summed E-state index contributed by atoms with van der Waals surface area (Å²) in [5.74, 6) is 0.756. The Hall–Kier alpha value is -0.740. The Labute approximate surface area is 108 Å². The number of guanidine groups is 1. The number of nitrogens with zero attached hydrogens (tertiary/aromatic N) is 1. The van der Waals surface area contributed by atoms with Gasteiger partial charge in [0.25, 0.3) is 0 Å². The number of hydrogen-bond acceptors (Lipinski definition) is 2. The van der Waals surface area contributed by atoms with E-state index in [0.717, 1.165) is 32.0 Å². The number of aliphatic imine (C=N–C) groups is 1. The molecule has 1 heterocycles. The van der Waals surface area contributed by atoms with Crippen LogP contribution in [0.15, 0.2) is 16.6 Å². The molecule has 1 unspecified atom stereocenters. The molecule has 0 aromatic heterocycles. The van der Waals surface area contributed by atoms with Gasteiger partial charge >= 0.3 is 0 Å². The summed E-state index contributed by atoms with van der Waals surface area (Å²) in [6, 6.07) is 0. The third kappa shape index (κ3) is 5.41. The Morgan fingerprint density at radius 2 is 2.29 bits per heavy atom. The zero-order chi connectivity index (χ0) is 12.7. The number of ether oxygens (including phenoxy) is 1. The van der Waals surface area contributed by atoms with Crippen molar-refractivity contribution in [2.24, 2.45) is 4.99 Å². The lowest BCUT2D eigenvalue weighted by Crippen LogP contribution is -2.39. The van der Waals surface area contributed by atoms with Gasteiger partial charge < -0.3 is 15.4 Å². The topological polar surface area (TPSA) is 45.7 Å². The Morgan fingerprint density at radius 3 is 2.82 bits per heavy atom. The lowest BCUT2D eigenvalue weighted by atomic mass is 10.0. The van der Waals surface area contributed by atoms with E-state index in [4.69, 9.17) is 16.3 Å². The van der Waals surface area contributed by atoms with Gasteiger partial charge in [-0.25, -0.2) is 0 Å². The monoisotopic (exact) mass is 259 g/mol. The molecule has 17 heavy (non-hydrogen) atoms. The molecule has 0 bridgehead atoms. The van der Waals surface area contributed by atoms with Crippen molar-refractivity contribution in [2.75, 3.05) is 26.2 Å². The Kier molecular flexibility index (Phi) is 5.78. The molecule has 0 aromatic carbocycles. The molecule has 0 spiro atoms. The SMILES string of the molecule is C=C(Cl)CNC(=NCC1(C)CCCO1)NCC. The van der Waals surface area contributed by atoms with Crippen molar-refractivity contribution in [3.8, 4) is 0 Å². The normalized spacial score (nSPS) is 24.8. The van der Waals surface area contributed by atoms with Crippen molar-refractivity contribution in [2.45, 2.75) is 32.3 Å². The number of hydrogen-bond donors (Lipinski definition) is 2. The van der Waals surface area contributed by atoms with E-state index in [1.165, 1.54) is 0 Å². The molecule has 1 rings (SSSR count). The maximum Gasteiger partial charge on any atom is 0.191 e. The van der Waals surface area contributed by atoms with Gasteiger partial charge in [0.2, 0.25) is 0 Å². The Bertz CT molecular complexity index is 285. The quantitative estimate of drug-likeness (QED) is 0.585. The van der Waals surface area contributed by atoms with Crippen LogP contribution >= 0.6 is 11.6 Å². The van der Waals surface area contributed by atoms with Crippen LogP contribution in [0.1, 0.15) is 26.7 Å². The molecule has 0 aliphatic carbocycles. The fourth-order valence-corrected chi connectivity index (χ4v) is 1.80. The van der Waals surface area contributed by atoms with Gasteiger partial charge in [-0.1, -0.05) is 18.2 Å². The lowest BCUT2D eigenvalue weighted by molar-refractivity contribution is 0.0283. The van der Waals surface area contributed by atoms with Crippen LogP contribution in [-0.4, -0.2) is 37.8 Å². The minimum Gasteiger partial charge on any atom is -0.373 e. The lowest BCUT2D eigenvalue weighted by Gasteiger charge is -2.21.